The summed E-state index contributed by atoms with van der Waals surface area (Å²) in [6.07, 6.45) is -4.53. The molecule has 1 aromatic carbocycles. The van der Waals surface area contributed by atoms with Gasteiger partial charge in [0.25, 0.3) is 0 Å². The van der Waals surface area contributed by atoms with E-state index in [2.05, 4.69) is 10.1 Å². The number of methoxy groups -OCH3 is 1. The molecule has 1 fully saturated rings. The molecule has 0 bridgehead atoms. The van der Waals surface area contributed by atoms with E-state index in [-0.39, 0.29) is 18.5 Å². The van der Waals surface area contributed by atoms with Crippen LogP contribution in [-0.4, -0.2) is 48.6 Å². The van der Waals surface area contributed by atoms with Gasteiger partial charge in [0.15, 0.2) is 0 Å². The fraction of sp³-hybridized carbons (Fsp3) is 0.400. The molecule has 0 spiro atoms. The molecule has 1 unspecified atom stereocenters. The van der Waals surface area contributed by atoms with Gasteiger partial charge in [0.05, 0.1) is 12.7 Å². The normalized spacial score (nSPS) is 17.5. The van der Waals surface area contributed by atoms with E-state index in [1.54, 1.807) is 0 Å². The quantitative estimate of drug-likeness (QED) is 0.851. The Hall–Kier alpha value is -2.58. The van der Waals surface area contributed by atoms with Crippen LogP contribution in [0.5, 0.6) is 0 Å². The second-order valence-electron chi connectivity index (χ2n) is 5.21. The smallest absolute Gasteiger partial charge is 0.465 e. The van der Waals surface area contributed by atoms with Crippen molar-refractivity contribution in [2.24, 2.45) is 0 Å². The maximum atomic E-state index is 12.6. The monoisotopic (exact) mass is 344 g/mol. The molecule has 1 aromatic rings. The molecule has 1 N–H and O–H groups in total. The van der Waals surface area contributed by atoms with Crippen molar-refractivity contribution in [1.29, 1.82) is 0 Å². The van der Waals surface area contributed by atoms with Crippen LogP contribution in [0.25, 0.3) is 0 Å². The summed E-state index contributed by atoms with van der Waals surface area (Å²) in [6.45, 7) is -0.113. The maximum Gasteiger partial charge on any atom is 0.471 e. The Morgan fingerprint density at radius 3 is 2.38 bits per heavy atom. The number of rotatable bonds is 3. The van der Waals surface area contributed by atoms with Crippen molar-refractivity contribution >= 4 is 23.5 Å². The first kappa shape index (κ1) is 17.8. The fourth-order valence-electron chi connectivity index (χ4n) is 2.48. The fourth-order valence-corrected chi connectivity index (χ4v) is 2.48. The molecule has 1 aliphatic heterocycles. The van der Waals surface area contributed by atoms with E-state index in [1.807, 2.05) is 0 Å². The molecule has 0 aromatic heterocycles. The number of anilines is 1. The topological polar surface area (TPSA) is 75.7 Å². The highest BCUT2D eigenvalue weighted by atomic mass is 19.4. The van der Waals surface area contributed by atoms with Crippen molar-refractivity contribution in [2.75, 3.05) is 19.0 Å². The molecule has 24 heavy (non-hydrogen) atoms. The Bertz CT molecular complexity index is 643. The van der Waals surface area contributed by atoms with Crippen LogP contribution < -0.4 is 5.32 Å². The van der Waals surface area contributed by atoms with Crippen LogP contribution in [0, 0.1) is 0 Å². The van der Waals surface area contributed by atoms with E-state index in [0.29, 0.717) is 17.0 Å². The van der Waals surface area contributed by atoms with Gasteiger partial charge in [0, 0.05) is 12.2 Å². The van der Waals surface area contributed by atoms with Gasteiger partial charge in [0.1, 0.15) is 6.04 Å². The van der Waals surface area contributed by atoms with E-state index in [1.165, 1.54) is 31.4 Å². The number of benzene rings is 1. The molecule has 130 valence electrons. The van der Waals surface area contributed by atoms with Gasteiger partial charge >= 0.3 is 18.1 Å². The summed E-state index contributed by atoms with van der Waals surface area (Å²) in [6, 6.07) is 4.51. The second kappa shape index (κ2) is 6.90. The summed E-state index contributed by atoms with van der Waals surface area (Å²) in [7, 11) is 1.23. The molecule has 1 saturated heterocycles. The third kappa shape index (κ3) is 3.84. The van der Waals surface area contributed by atoms with Crippen molar-refractivity contribution in [3.63, 3.8) is 0 Å². The summed E-state index contributed by atoms with van der Waals surface area (Å²) in [4.78, 5) is 35.4. The van der Waals surface area contributed by atoms with Crippen molar-refractivity contribution in [3.8, 4) is 0 Å². The second-order valence-corrected chi connectivity index (χ2v) is 5.21. The maximum absolute atomic E-state index is 12.6. The minimum absolute atomic E-state index is 0.113. The zero-order valence-corrected chi connectivity index (χ0v) is 12.7. The molecule has 1 atom stereocenters. The predicted octanol–water partition coefficient (Wildman–Crippen LogP) is 1.96. The minimum atomic E-state index is -5.01. The molecule has 1 aliphatic rings. The van der Waals surface area contributed by atoms with Crippen LogP contribution in [-0.2, 0) is 14.3 Å². The van der Waals surface area contributed by atoms with Crippen LogP contribution in [0.15, 0.2) is 24.3 Å². The molecule has 6 nitrogen and oxygen atoms in total. The molecule has 0 aliphatic carbocycles. The molecule has 2 rings (SSSR count). The van der Waals surface area contributed by atoms with Gasteiger partial charge in [-0.15, -0.1) is 0 Å². The third-order valence-corrected chi connectivity index (χ3v) is 3.63. The minimum Gasteiger partial charge on any atom is -0.465 e. The Morgan fingerprint density at radius 1 is 1.21 bits per heavy atom. The molecular weight excluding hydrogens is 329 g/mol. The number of ether oxygens (including phenoxy) is 1. The standard InChI is InChI=1S/C15H15F3N2O4/c1-24-13(22)9-4-6-10(7-5-9)19-12(21)11-3-2-8-20(11)14(23)15(16,17)18/h4-7,11H,2-3,8H2,1H3,(H,19,21). The molecule has 0 saturated carbocycles. The van der Waals surface area contributed by atoms with Crippen molar-refractivity contribution < 1.29 is 32.3 Å². The highest BCUT2D eigenvalue weighted by Gasteiger charge is 2.47. The first-order chi connectivity index (χ1) is 11.2. The van der Waals surface area contributed by atoms with Crippen LogP contribution >= 0.6 is 0 Å². The largest absolute Gasteiger partial charge is 0.471 e. The number of nitrogens with one attached hydrogen (secondary N) is 1. The van der Waals surface area contributed by atoms with Gasteiger partial charge in [-0.1, -0.05) is 0 Å². The zero-order valence-electron chi connectivity index (χ0n) is 12.7. The highest BCUT2D eigenvalue weighted by Crippen LogP contribution is 2.26. The molecule has 2 amide bonds. The van der Waals surface area contributed by atoms with E-state index in [4.69, 9.17) is 0 Å². The molecular formula is C15H15F3N2O4. The Morgan fingerprint density at radius 2 is 1.83 bits per heavy atom. The number of hydrogen-bond acceptors (Lipinski definition) is 4. The molecule has 1 heterocycles. The predicted molar refractivity (Wildman–Crippen MR) is 77.2 cm³/mol. The van der Waals surface area contributed by atoms with Gasteiger partial charge in [-0.25, -0.2) is 4.79 Å². The lowest BCUT2D eigenvalue weighted by molar-refractivity contribution is -0.186. The average molecular weight is 344 g/mol. The van der Waals surface area contributed by atoms with Crippen molar-refractivity contribution in [3.05, 3.63) is 29.8 Å². The molecule has 9 heteroatoms. The van der Waals surface area contributed by atoms with Crippen LogP contribution in [0.4, 0.5) is 18.9 Å². The zero-order chi connectivity index (χ0) is 17.9. The van der Waals surface area contributed by atoms with Gasteiger partial charge < -0.3 is 15.0 Å². The number of halogens is 3. The summed E-state index contributed by atoms with van der Waals surface area (Å²) in [5, 5.41) is 2.45. The van der Waals surface area contributed by atoms with Crippen molar-refractivity contribution in [2.45, 2.75) is 25.1 Å². The first-order valence-corrected chi connectivity index (χ1v) is 7.11. The summed E-state index contributed by atoms with van der Waals surface area (Å²) < 4.78 is 42.2. The number of nitrogens with zero attached hydrogens (tertiary/aromatic N) is 1. The van der Waals surface area contributed by atoms with Crippen molar-refractivity contribution in [1.82, 2.24) is 4.90 Å². The van der Waals surface area contributed by atoms with Gasteiger partial charge in [-0.05, 0) is 37.1 Å². The Balaban J connectivity index is 2.06. The van der Waals surface area contributed by atoms with Crippen LogP contribution in [0.1, 0.15) is 23.2 Å². The average Bonchev–Trinajstić information content (AvgIpc) is 3.02. The number of carbonyl (C=O) groups is 3. The summed E-state index contributed by atoms with van der Waals surface area (Å²) in [5.74, 6) is -3.26. The lowest BCUT2D eigenvalue weighted by Crippen LogP contribution is -2.48. The highest BCUT2D eigenvalue weighted by molar-refractivity contribution is 5.98. The van der Waals surface area contributed by atoms with Crippen LogP contribution in [0.3, 0.4) is 0 Å². The number of alkyl halides is 3. The lowest BCUT2D eigenvalue weighted by Gasteiger charge is -2.24. The first-order valence-electron chi connectivity index (χ1n) is 7.11. The Kier molecular flexibility index (Phi) is 5.10. The van der Waals surface area contributed by atoms with Gasteiger partial charge in [-0.3, -0.25) is 9.59 Å². The number of esters is 1. The van der Waals surface area contributed by atoms with Gasteiger partial charge in [-0.2, -0.15) is 13.2 Å². The number of likely N-dealkylation sites (tertiary alicyclic amines) is 1. The van der Waals surface area contributed by atoms with E-state index >= 15 is 0 Å². The molecule has 0 radical (unpaired) electrons. The number of amides is 2. The number of carbonyl (C=O) groups excluding carboxylic acids is 3. The lowest BCUT2D eigenvalue weighted by atomic mass is 10.1. The summed E-state index contributed by atoms with van der Waals surface area (Å²) in [5.41, 5.74) is 0.573. The van der Waals surface area contributed by atoms with E-state index < -0.39 is 30.0 Å². The van der Waals surface area contributed by atoms with Crippen LogP contribution in [0.2, 0.25) is 0 Å². The number of hydrogen-bond donors (Lipinski definition) is 1. The van der Waals surface area contributed by atoms with Gasteiger partial charge in [0.2, 0.25) is 5.91 Å². The Labute approximate surface area is 135 Å². The SMILES string of the molecule is COC(=O)c1ccc(NC(=O)C2CCCN2C(=O)C(F)(F)F)cc1. The van der Waals surface area contributed by atoms with E-state index in [0.717, 1.165) is 0 Å². The summed E-state index contributed by atoms with van der Waals surface area (Å²) >= 11 is 0. The van der Waals surface area contributed by atoms with E-state index in [9.17, 15) is 27.6 Å². The third-order valence-electron chi connectivity index (χ3n) is 3.63.